The number of amides is 2. The van der Waals surface area contributed by atoms with E-state index in [9.17, 15) is 18.7 Å². The van der Waals surface area contributed by atoms with Gasteiger partial charge in [0.2, 0.25) is 0 Å². The maximum atomic E-state index is 12.0. The first-order valence-electron chi connectivity index (χ1n) is 6.97. The van der Waals surface area contributed by atoms with E-state index in [1.165, 1.54) is 24.3 Å². The fourth-order valence-corrected chi connectivity index (χ4v) is 2.11. The van der Waals surface area contributed by atoms with Gasteiger partial charge in [0, 0.05) is 17.3 Å². The Balaban J connectivity index is 1.82. The van der Waals surface area contributed by atoms with E-state index in [-0.39, 0.29) is 12.3 Å². The second-order valence-electron chi connectivity index (χ2n) is 4.81. The van der Waals surface area contributed by atoms with E-state index in [1.54, 1.807) is 24.3 Å². The summed E-state index contributed by atoms with van der Waals surface area (Å²) in [6, 6.07) is 11.6. The van der Waals surface area contributed by atoms with Gasteiger partial charge < -0.3 is 20.5 Å². The molecule has 0 radical (unpaired) electrons. The molecule has 0 aliphatic rings. The molecule has 0 bridgehead atoms. The molecule has 0 saturated heterocycles. The van der Waals surface area contributed by atoms with Crippen LogP contribution in [0.25, 0.3) is 0 Å². The zero-order chi connectivity index (χ0) is 17.5. The molecule has 5 nitrogen and oxygen atoms in total. The van der Waals surface area contributed by atoms with Crippen molar-refractivity contribution >= 4 is 23.3 Å². The van der Waals surface area contributed by atoms with E-state index in [0.29, 0.717) is 16.3 Å². The SMILES string of the molecule is O=C(NC[C@@H](O)c1cccc(Cl)c1)Nc1ccc(OC(F)F)cc1. The number of rotatable bonds is 6. The number of carbonyl (C=O) groups is 1. The van der Waals surface area contributed by atoms with Gasteiger partial charge in [0.25, 0.3) is 0 Å². The van der Waals surface area contributed by atoms with Crippen molar-refractivity contribution in [2.45, 2.75) is 12.7 Å². The highest BCUT2D eigenvalue weighted by molar-refractivity contribution is 6.30. The third-order valence-electron chi connectivity index (χ3n) is 3.03. The van der Waals surface area contributed by atoms with Gasteiger partial charge in [-0.05, 0) is 42.0 Å². The summed E-state index contributed by atoms with van der Waals surface area (Å²) >= 11 is 5.84. The lowest BCUT2D eigenvalue weighted by molar-refractivity contribution is -0.0498. The van der Waals surface area contributed by atoms with Crippen molar-refractivity contribution in [1.29, 1.82) is 0 Å². The van der Waals surface area contributed by atoms with Gasteiger partial charge in [-0.15, -0.1) is 0 Å². The average molecular weight is 357 g/mol. The highest BCUT2D eigenvalue weighted by atomic mass is 35.5. The molecule has 24 heavy (non-hydrogen) atoms. The molecule has 1 atom stereocenters. The molecule has 3 N–H and O–H groups in total. The molecular formula is C16H15ClF2N2O3. The van der Waals surface area contributed by atoms with Crippen LogP contribution in [0.4, 0.5) is 19.3 Å². The number of aliphatic hydroxyl groups is 1. The van der Waals surface area contributed by atoms with Crippen LogP contribution in [0.15, 0.2) is 48.5 Å². The minimum absolute atomic E-state index is 0.00710. The Bertz CT molecular complexity index is 683. The van der Waals surface area contributed by atoms with Crippen LogP contribution in [0.3, 0.4) is 0 Å². The number of hydrogen-bond acceptors (Lipinski definition) is 3. The van der Waals surface area contributed by atoms with E-state index in [2.05, 4.69) is 15.4 Å². The van der Waals surface area contributed by atoms with Crippen LogP contribution in [0.5, 0.6) is 5.75 Å². The van der Waals surface area contributed by atoms with Gasteiger partial charge in [-0.25, -0.2) is 4.79 Å². The van der Waals surface area contributed by atoms with Crippen LogP contribution in [0, 0.1) is 0 Å². The molecule has 0 spiro atoms. The van der Waals surface area contributed by atoms with Crippen molar-refractivity contribution < 1.29 is 23.4 Å². The molecule has 128 valence electrons. The lowest BCUT2D eigenvalue weighted by atomic mass is 10.1. The normalized spacial score (nSPS) is 11.9. The van der Waals surface area contributed by atoms with Gasteiger partial charge in [-0.1, -0.05) is 23.7 Å². The number of ether oxygens (including phenoxy) is 1. The summed E-state index contributed by atoms with van der Waals surface area (Å²) in [5, 5.41) is 15.5. The van der Waals surface area contributed by atoms with E-state index in [0.717, 1.165) is 0 Å². The largest absolute Gasteiger partial charge is 0.435 e. The first-order chi connectivity index (χ1) is 11.4. The highest BCUT2D eigenvalue weighted by Crippen LogP contribution is 2.18. The molecule has 0 fully saturated rings. The minimum Gasteiger partial charge on any atom is -0.435 e. The van der Waals surface area contributed by atoms with Gasteiger partial charge in [0.05, 0.1) is 6.10 Å². The standard InChI is InChI=1S/C16H15ClF2N2O3/c17-11-3-1-2-10(8-11)14(22)9-20-16(23)21-12-4-6-13(7-5-12)24-15(18)19/h1-8,14-15,22H,9H2,(H2,20,21,23)/t14-/m1/s1. The second kappa shape index (κ2) is 8.47. The number of halogens is 3. The topological polar surface area (TPSA) is 70.6 Å². The number of benzene rings is 2. The monoisotopic (exact) mass is 356 g/mol. The molecule has 2 rings (SSSR count). The maximum Gasteiger partial charge on any atom is 0.387 e. The first kappa shape index (κ1) is 18.0. The molecule has 0 aliphatic carbocycles. The molecule has 0 saturated carbocycles. The number of nitrogens with one attached hydrogen (secondary N) is 2. The van der Waals surface area contributed by atoms with Crippen molar-refractivity contribution in [2.75, 3.05) is 11.9 Å². The third-order valence-corrected chi connectivity index (χ3v) is 3.26. The van der Waals surface area contributed by atoms with Crippen molar-refractivity contribution in [1.82, 2.24) is 5.32 Å². The van der Waals surface area contributed by atoms with Crippen LogP contribution in [0.2, 0.25) is 5.02 Å². The van der Waals surface area contributed by atoms with E-state index in [1.807, 2.05) is 0 Å². The van der Waals surface area contributed by atoms with Crippen LogP contribution in [-0.2, 0) is 0 Å². The van der Waals surface area contributed by atoms with Gasteiger partial charge >= 0.3 is 12.6 Å². The maximum absolute atomic E-state index is 12.0. The van der Waals surface area contributed by atoms with Crippen molar-refractivity contribution in [3.05, 3.63) is 59.1 Å². The second-order valence-corrected chi connectivity index (χ2v) is 5.25. The molecule has 0 aliphatic heterocycles. The Kier molecular flexibility index (Phi) is 6.34. The molecule has 2 amide bonds. The van der Waals surface area contributed by atoms with Crippen LogP contribution in [-0.4, -0.2) is 24.3 Å². The van der Waals surface area contributed by atoms with E-state index >= 15 is 0 Å². The highest BCUT2D eigenvalue weighted by Gasteiger charge is 2.10. The molecule has 2 aromatic carbocycles. The van der Waals surface area contributed by atoms with Gasteiger partial charge in [-0.2, -0.15) is 8.78 Å². The fraction of sp³-hybridized carbons (Fsp3) is 0.188. The number of hydrogen-bond donors (Lipinski definition) is 3. The lowest BCUT2D eigenvalue weighted by Gasteiger charge is -2.13. The quantitative estimate of drug-likeness (QED) is 0.737. The van der Waals surface area contributed by atoms with Gasteiger partial charge in [0.15, 0.2) is 0 Å². The first-order valence-corrected chi connectivity index (χ1v) is 7.35. The molecule has 8 heteroatoms. The predicted octanol–water partition coefficient (Wildman–Crippen LogP) is 3.80. The lowest BCUT2D eigenvalue weighted by Crippen LogP contribution is -2.32. The van der Waals surface area contributed by atoms with Crippen LogP contribution in [0.1, 0.15) is 11.7 Å². The van der Waals surface area contributed by atoms with Gasteiger partial charge in [0.1, 0.15) is 5.75 Å². The van der Waals surface area contributed by atoms with Crippen molar-refractivity contribution in [3.63, 3.8) is 0 Å². The number of alkyl halides is 2. The molecule has 0 aromatic heterocycles. The average Bonchev–Trinajstić information content (AvgIpc) is 2.54. The fourth-order valence-electron chi connectivity index (χ4n) is 1.92. The predicted molar refractivity (Wildman–Crippen MR) is 86.5 cm³/mol. The molecule has 0 unspecified atom stereocenters. The Morgan fingerprint density at radius 1 is 1.21 bits per heavy atom. The Morgan fingerprint density at radius 2 is 1.92 bits per heavy atom. The number of urea groups is 1. The third kappa shape index (κ3) is 5.68. The molecular weight excluding hydrogens is 342 g/mol. The molecule has 2 aromatic rings. The summed E-state index contributed by atoms with van der Waals surface area (Å²) in [5.41, 5.74) is 0.975. The van der Waals surface area contributed by atoms with E-state index < -0.39 is 18.7 Å². The van der Waals surface area contributed by atoms with Crippen molar-refractivity contribution in [2.24, 2.45) is 0 Å². The van der Waals surface area contributed by atoms with Crippen LogP contribution >= 0.6 is 11.6 Å². The summed E-state index contributed by atoms with van der Waals surface area (Å²) in [7, 11) is 0. The molecule has 0 heterocycles. The summed E-state index contributed by atoms with van der Waals surface area (Å²) < 4.78 is 28.3. The Morgan fingerprint density at radius 3 is 2.54 bits per heavy atom. The van der Waals surface area contributed by atoms with Gasteiger partial charge in [-0.3, -0.25) is 0 Å². The summed E-state index contributed by atoms with van der Waals surface area (Å²) in [5.74, 6) is -0.00710. The number of carbonyl (C=O) groups excluding carboxylic acids is 1. The smallest absolute Gasteiger partial charge is 0.387 e. The zero-order valence-electron chi connectivity index (χ0n) is 12.4. The number of aliphatic hydroxyl groups excluding tert-OH is 1. The minimum atomic E-state index is -2.90. The summed E-state index contributed by atoms with van der Waals surface area (Å²) in [4.78, 5) is 11.8. The number of anilines is 1. The van der Waals surface area contributed by atoms with Crippen LogP contribution < -0.4 is 15.4 Å². The summed E-state index contributed by atoms with van der Waals surface area (Å²) in [6.45, 7) is -2.92. The Labute approximate surface area is 142 Å². The summed E-state index contributed by atoms with van der Waals surface area (Å²) in [6.07, 6.45) is -0.906. The van der Waals surface area contributed by atoms with E-state index in [4.69, 9.17) is 11.6 Å². The zero-order valence-corrected chi connectivity index (χ0v) is 13.1. The Hall–Kier alpha value is -2.38. The van der Waals surface area contributed by atoms with Crippen molar-refractivity contribution in [3.8, 4) is 5.75 Å².